The van der Waals surface area contributed by atoms with Gasteiger partial charge in [-0.25, -0.2) is 4.98 Å². The molecule has 0 saturated heterocycles. The Kier molecular flexibility index (Phi) is 5.66. The van der Waals surface area contributed by atoms with Crippen molar-refractivity contribution in [3.05, 3.63) is 53.3 Å². The van der Waals surface area contributed by atoms with Crippen molar-refractivity contribution in [2.45, 2.75) is 6.42 Å². The van der Waals surface area contributed by atoms with Crippen molar-refractivity contribution in [1.82, 2.24) is 20.1 Å². The van der Waals surface area contributed by atoms with Crippen molar-refractivity contribution in [3.63, 3.8) is 0 Å². The summed E-state index contributed by atoms with van der Waals surface area (Å²) in [4.78, 5) is 16.6. The van der Waals surface area contributed by atoms with Crippen LogP contribution < -0.4 is 10.1 Å². The number of nitrogens with zero attached hydrogens (tertiary/aromatic N) is 3. The highest BCUT2D eigenvalue weighted by Crippen LogP contribution is 2.22. The topological polar surface area (TPSA) is 69.0 Å². The van der Waals surface area contributed by atoms with Crippen LogP contribution in [0.2, 0.25) is 0 Å². The Hall–Kier alpha value is -3.11. The van der Waals surface area contributed by atoms with Crippen molar-refractivity contribution < 1.29 is 9.53 Å². The number of rotatable bonds is 7. The van der Waals surface area contributed by atoms with Crippen LogP contribution in [-0.4, -0.2) is 33.8 Å². The van der Waals surface area contributed by atoms with Gasteiger partial charge in [0, 0.05) is 30.7 Å². The van der Waals surface area contributed by atoms with Gasteiger partial charge >= 0.3 is 0 Å². The Labute approximate surface area is 155 Å². The SMILES string of the molecule is C#CCOc1ccc(CCNC(=O)c2csc(-c3cnn(C)c3)n2)cc1. The van der Waals surface area contributed by atoms with Gasteiger partial charge in [-0.05, 0) is 24.1 Å². The van der Waals surface area contributed by atoms with E-state index in [1.54, 1.807) is 16.3 Å². The average molecular weight is 366 g/mol. The molecule has 0 aliphatic heterocycles. The molecule has 1 amide bonds. The number of benzene rings is 1. The van der Waals surface area contributed by atoms with E-state index in [2.05, 4.69) is 21.3 Å². The summed E-state index contributed by atoms with van der Waals surface area (Å²) in [5.74, 6) is 2.99. The Bertz CT molecular complexity index is 922. The van der Waals surface area contributed by atoms with Crippen LogP contribution in [0.25, 0.3) is 10.6 Å². The largest absolute Gasteiger partial charge is 0.481 e. The highest BCUT2D eigenvalue weighted by Gasteiger charge is 2.12. The molecule has 3 rings (SSSR count). The predicted molar refractivity (Wildman–Crippen MR) is 101 cm³/mol. The number of nitrogens with one attached hydrogen (secondary N) is 1. The summed E-state index contributed by atoms with van der Waals surface area (Å²) in [6.45, 7) is 0.785. The van der Waals surface area contributed by atoms with Gasteiger partial charge in [-0.1, -0.05) is 18.1 Å². The van der Waals surface area contributed by atoms with E-state index in [9.17, 15) is 4.79 Å². The monoisotopic (exact) mass is 366 g/mol. The number of hydrogen-bond donors (Lipinski definition) is 1. The van der Waals surface area contributed by atoms with Crippen molar-refractivity contribution in [3.8, 4) is 28.7 Å². The Morgan fingerprint density at radius 2 is 2.19 bits per heavy atom. The molecule has 1 aromatic carbocycles. The minimum absolute atomic E-state index is 0.176. The lowest BCUT2D eigenvalue weighted by Gasteiger charge is -2.06. The summed E-state index contributed by atoms with van der Waals surface area (Å²) >= 11 is 1.43. The van der Waals surface area contributed by atoms with Gasteiger partial charge in [0.2, 0.25) is 0 Å². The van der Waals surface area contributed by atoms with E-state index in [-0.39, 0.29) is 12.5 Å². The molecule has 1 N–H and O–H groups in total. The molecule has 0 atom stereocenters. The smallest absolute Gasteiger partial charge is 0.270 e. The maximum Gasteiger partial charge on any atom is 0.270 e. The number of carbonyl (C=O) groups excluding carboxylic acids is 1. The third kappa shape index (κ3) is 4.49. The number of amides is 1. The molecule has 132 valence electrons. The number of ether oxygens (including phenoxy) is 1. The standard InChI is InChI=1S/C19H18N4O2S/c1-3-10-25-16-6-4-14(5-7-16)8-9-20-18(24)17-13-26-19(22-17)15-11-21-23(2)12-15/h1,4-7,11-13H,8-10H2,2H3,(H,20,24). The first-order chi connectivity index (χ1) is 12.7. The van der Waals surface area contributed by atoms with Crippen LogP contribution in [0.3, 0.4) is 0 Å². The Morgan fingerprint density at radius 3 is 2.88 bits per heavy atom. The molecule has 7 heteroatoms. The van der Waals surface area contributed by atoms with Crippen molar-refractivity contribution in [1.29, 1.82) is 0 Å². The van der Waals surface area contributed by atoms with Gasteiger partial charge in [-0.15, -0.1) is 17.8 Å². The molecule has 0 spiro atoms. The van der Waals surface area contributed by atoms with E-state index >= 15 is 0 Å². The molecule has 6 nitrogen and oxygen atoms in total. The molecule has 3 aromatic rings. The summed E-state index contributed by atoms with van der Waals surface area (Å²) in [6.07, 6.45) is 9.49. The molecular weight excluding hydrogens is 348 g/mol. The molecule has 0 aliphatic carbocycles. The van der Waals surface area contributed by atoms with Crippen molar-refractivity contribution in [2.24, 2.45) is 7.05 Å². The van der Waals surface area contributed by atoms with Crippen LogP contribution in [-0.2, 0) is 13.5 Å². The lowest BCUT2D eigenvalue weighted by molar-refractivity contribution is 0.0950. The fourth-order valence-corrected chi connectivity index (χ4v) is 3.11. The lowest BCUT2D eigenvalue weighted by Crippen LogP contribution is -2.25. The van der Waals surface area contributed by atoms with Crippen LogP contribution in [0.1, 0.15) is 16.1 Å². The molecule has 0 bridgehead atoms. The fourth-order valence-electron chi connectivity index (χ4n) is 2.33. The second kappa shape index (κ2) is 8.32. The van der Waals surface area contributed by atoms with Gasteiger partial charge in [0.25, 0.3) is 5.91 Å². The molecule has 0 saturated carbocycles. The van der Waals surface area contributed by atoms with Gasteiger partial charge in [0.15, 0.2) is 0 Å². The zero-order valence-corrected chi connectivity index (χ0v) is 15.1. The molecule has 26 heavy (non-hydrogen) atoms. The normalized spacial score (nSPS) is 10.3. The van der Waals surface area contributed by atoms with Crippen LogP contribution >= 0.6 is 11.3 Å². The van der Waals surface area contributed by atoms with E-state index in [4.69, 9.17) is 11.2 Å². The van der Waals surface area contributed by atoms with Crippen LogP contribution in [0.5, 0.6) is 5.75 Å². The summed E-state index contributed by atoms with van der Waals surface area (Å²) in [5.41, 5.74) is 2.43. The fraction of sp³-hybridized carbons (Fsp3) is 0.211. The molecule has 2 heterocycles. The lowest BCUT2D eigenvalue weighted by atomic mass is 10.1. The predicted octanol–water partition coefficient (Wildman–Crippen LogP) is 2.53. The number of aryl methyl sites for hydroxylation is 1. The maximum atomic E-state index is 12.2. The van der Waals surface area contributed by atoms with Crippen molar-refractivity contribution in [2.75, 3.05) is 13.2 Å². The molecular formula is C19H18N4O2S. The average Bonchev–Trinajstić information content (AvgIpc) is 3.30. The number of aromatic nitrogens is 3. The number of terminal acetylenes is 1. The highest BCUT2D eigenvalue weighted by atomic mass is 32.1. The van der Waals surface area contributed by atoms with Gasteiger partial charge in [-0.3, -0.25) is 9.48 Å². The van der Waals surface area contributed by atoms with Crippen LogP contribution in [0.4, 0.5) is 0 Å². The summed E-state index contributed by atoms with van der Waals surface area (Å²) < 4.78 is 7.04. The van der Waals surface area contributed by atoms with Gasteiger partial charge in [0.05, 0.1) is 6.20 Å². The molecule has 0 radical (unpaired) electrons. The van der Waals surface area contributed by atoms with Crippen molar-refractivity contribution >= 4 is 17.2 Å². The third-order valence-electron chi connectivity index (χ3n) is 3.63. The van der Waals surface area contributed by atoms with Crippen LogP contribution in [0, 0.1) is 12.3 Å². The first kappa shape index (κ1) is 17.7. The third-order valence-corrected chi connectivity index (χ3v) is 4.52. The molecule has 0 unspecified atom stereocenters. The highest BCUT2D eigenvalue weighted by molar-refractivity contribution is 7.13. The zero-order chi connectivity index (χ0) is 18.4. The minimum Gasteiger partial charge on any atom is -0.481 e. The Balaban J connectivity index is 1.50. The number of thiazole rings is 1. The summed E-state index contributed by atoms with van der Waals surface area (Å²) in [7, 11) is 1.85. The number of hydrogen-bond acceptors (Lipinski definition) is 5. The first-order valence-electron chi connectivity index (χ1n) is 8.03. The zero-order valence-electron chi connectivity index (χ0n) is 14.3. The van der Waals surface area contributed by atoms with E-state index in [1.165, 1.54) is 11.3 Å². The van der Waals surface area contributed by atoms with Gasteiger partial charge < -0.3 is 10.1 Å². The molecule has 2 aromatic heterocycles. The first-order valence-corrected chi connectivity index (χ1v) is 8.91. The van der Waals surface area contributed by atoms with Gasteiger partial charge in [-0.2, -0.15) is 5.10 Å². The van der Waals surface area contributed by atoms with E-state index in [0.717, 1.165) is 28.3 Å². The summed E-state index contributed by atoms with van der Waals surface area (Å²) in [5, 5.41) is 9.55. The second-order valence-electron chi connectivity index (χ2n) is 5.58. The van der Waals surface area contributed by atoms with E-state index in [0.29, 0.717) is 12.2 Å². The van der Waals surface area contributed by atoms with E-state index in [1.807, 2.05) is 37.5 Å². The van der Waals surface area contributed by atoms with Gasteiger partial charge in [0.1, 0.15) is 23.1 Å². The number of carbonyl (C=O) groups is 1. The second-order valence-corrected chi connectivity index (χ2v) is 6.44. The quantitative estimate of drug-likeness (QED) is 0.653. The van der Waals surface area contributed by atoms with Crippen LogP contribution in [0.15, 0.2) is 42.0 Å². The summed E-state index contributed by atoms with van der Waals surface area (Å²) in [6, 6.07) is 7.66. The van der Waals surface area contributed by atoms with E-state index < -0.39 is 0 Å². The molecule has 0 fully saturated rings. The minimum atomic E-state index is -0.176. The molecule has 0 aliphatic rings. The Morgan fingerprint density at radius 1 is 1.38 bits per heavy atom. The maximum absolute atomic E-state index is 12.2.